The number of piperidine rings is 1. The lowest BCUT2D eigenvalue weighted by atomic mass is 10.0. The molecule has 1 aromatic carbocycles. The molecule has 1 aromatic heterocycles. The highest BCUT2D eigenvalue weighted by molar-refractivity contribution is 6.05. The van der Waals surface area contributed by atoms with Crippen LogP contribution in [0, 0.1) is 0 Å². The van der Waals surface area contributed by atoms with Crippen molar-refractivity contribution in [1.29, 1.82) is 0 Å². The van der Waals surface area contributed by atoms with Gasteiger partial charge in [0.1, 0.15) is 5.69 Å². The van der Waals surface area contributed by atoms with Gasteiger partial charge in [-0.15, -0.1) is 0 Å². The second-order valence-corrected chi connectivity index (χ2v) is 6.23. The van der Waals surface area contributed by atoms with E-state index in [-0.39, 0.29) is 5.91 Å². The van der Waals surface area contributed by atoms with Crippen molar-refractivity contribution in [3.63, 3.8) is 0 Å². The average molecular weight is 311 g/mol. The zero-order valence-electron chi connectivity index (χ0n) is 13.8. The van der Waals surface area contributed by atoms with Crippen LogP contribution < -0.4 is 5.32 Å². The van der Waals surface area contributed by atoms with E-state index in [1.807, 2.05) is 30.3 Å². The van der Waals surface area contributed by atoms with E-state index in [9.17, 15) is 4.79 Å². The molecule has 4 nitrogen and oxygen atoms in total. The molecule has 0 radical (unpaired) electrons. The van der Waals surface area contributed by atoms with Crippen LogP contribution in [0.2, 0.25) is 0 Å². The zero-order valence-corrected chi connectivity index (χ0v) is 13.8. The third-order valence-electron chi connectivity index (χ3n) is 4.79. The number of nitrogens with zero attached hydrogens (tertiary/aromatic N) is 2. The summed E-state index contributed by atoms with van der Waals surface area (Å²) in [5.74, 6) is -0.0770. The largest absolute Gasteiger partial charge is 0.349 e. The Balaban J connectivity index is 1.60. The Morgan fingerprint density at radius 1 is 1.30 bits per heavy atom. The predicted octanol–water partition coefficient (Wildman–Crippen LogP) is 3.23. The first kappa shape index (κ1) is 15.9. The number of amides is 1. The monoisotopic (exact) mass is 311 g/mol. The van der Waals surface area contributed by atoms with Crippen molar-refractivity contribution in [2.24, 2.45) is 0 Å². The highest BCUT2D eigenvalue weighted by Crippen LogP contribution is 2.19. The molecule has 1 unspecified atom stereocenters. The van der Waals surface area contributed by atoms with Crippen LogP contribution in [-0.2, 0) is 0 Å². The van der Waals surface area contributed by atoms with Crippen LogP contribution >= 0.6 is 0 Å². The van der Waals surface area contributed by atoms with Gasteiger partial charge in [-0.3, -0.25) is 14.7 Å². The molecule has 1 amide bonds. The van der Waals surface area contributed by atoms with E-state index in [4.69, 9.17) is 0 Å². The van der Waals surface area contributed by atoms with E-state index in [0.29, 0.717) is 18.3 Å². The molecule has 3 rings (SSSR count). The first-order valence-electron chi connectivity index (χ1n) is 8.65. The van der Waals surface area contributed by atoms with E-state index in [2.05, 4.69) is 22.1 Å². The Labute approximate surface area is 137 Å². The van der Waals surface area contributed by atoms with Crippen molar-refractivity contribution in [1.82, 2.24) is 15.2 Å². The van der Waals surface area contributed by atoms with Gasteiger partial charge in [-0.05, 0) is 37.3 Å². The van der Waals surface area contributed by atoms with Crippen molar-refractivity contribution in [2.75, 3.05) is 19.6 Å². The molecule has 0 aliphatic carbocycles. The molecule has 0 bridgehead atoms. The zero-order chi connectivity index (χ0) is 16.1. The number of aromatic nitrogens is 1. The summed E-state index contributed by atoms with van der Waals surface area (Å²) >= 11 is 0. The lowest BCUT2D eigenvalue weighted by molar-refractivity contribution is 0.0931. The maximum atomic E-state index is 12.5. The average Bonchev–Trinajstić information content (AvgIpc) is 2.61. The van der Waals surface area contributed by atoms with Gasteiger partial charge in [-0.2, -0.15) is 0 Å². The predicted molar refractivity (Wildman–Crippen MR) is 93.6 cm³/mol. The number of benzene rings is 1. The molecule has 2 aromatic rings. The first-order valence-corrected chi connectivity index (χ1v) is 8.65. The molecule has 4 heteroatoms. The molecule has 122 valence electrons. The van der Waals surface area contributed by atoms with Gasteiger partial charge in [0.25, 0.3) is 5.91 Å². The topological polar surface area (TPSA) is 45.2 Å². The van der Waals surface area contributed by atoms with E-state index < -0.39 is 0 Å². The summed E-state index contributed by atoms with van der Waals surface area (Å²) in [7, 11) is 0. The molecule has 0 spiro atoms. The van der Waals surface area contributed by atoms with E-state index >= 15 is 0 Å². The fourth-order valence-corrected chi connectivity index (χ4v) is 3.51. The summed E-state index contributed by atoms with van der Waals surface area (Å²) in [5, 5.41) is 5.00. The lowest BCUT2D eigenvalue weighted by Gasteiger charge is -2.35. The number of likely N-dealkylation sites (tertiary alicyclic amines) is 1. The van der Waals surface area contributed by atoms with Crippen LogP contribution in [0.3, 0.4) is 0 Å². The van der Waals surface area contributed by atoms with Crippen molar-refractivity contribution >= 4 is 16.7 Å². The SMILES string of the molecule is CCC1CCCCN1CCNC(=O)c1nccc2ccccc12. The molecule has 0 saturated carbocycles. The molecule has 2 heterocycles. The fraction of sp³-hybridized carbons (Fsp3) is 0.474. The van der Waals surface area contributed by atoms with Gasteiger partial charge in [0.05, 0.1) is 0 Å². The number of nitrogens with one attached hydrogen (secondary N) is 1. The standard InChI is InChI=1S/C19H25N3O/c1-2-16-8-5-6-13-22(16)14-12-21-19(23)18-17-9-4-3-7-15(17)10-11-20-18/h3-4,7,9-11,16H,2,5-6,8,12-14H2,1H3,(H,21,23). The van der Waals surface area contributed by atoms with Crippen LogP contribution in [0.5, 0.6) is 0 Å². The third kappa shape index (κ3) is 3.70. The molecule has 1 aliphatic heterocycles. The fourth-order valence-electron chi connectivity index (χ4n) is 3.51. The third-order valence-corrected chi connectivity index (χ3v) is 4.79. The van der Waals surface area contributed by atoms with Gasteiger partial charge in [-0.1, -0.05) is 37.6 Å². The van der Waals surface area contributed by atoms with E-state index in [1.165, 1.54) is 25.7 Å². The van der Waals surface area contributed by atoms with Crippen molar-refractivity contribution in [3.05, 3.63) is 42.2 Å². The van der Waals surface area contributed by atoms with Crippen LogP contribution in [0.1, 0.15) is 43.1 Å². The number of carbonyl (C=O) groups excluding carboxylic acids is 1. The summed E-state index contributed by atoms with van der Waals surface area (Å²) in [5.41, 5.74) is 0.522. The summed E-state index contributed by atoms with van der Waals surface area (Å²) in [6.45, 7) is 5.01. The van der Waals surface area contributed by atoms with Crippen molar-refractivity contribution in [3.8, 4) is 0 Å². The number of hydrogen-bond donors (Lipinski definition) is 1. The number of pyridine rings is 1. The molecular formula is C19H25N3O. The summed E-state index contributed by atoms with van der Waals surface area (Å²) in [6.07, 6.45) is 6.79. The number of hydrogen-bond acceptors (Lipinski definition) is 3. The Hall–Kier alpha value is -1.94. The van der Waals surface area contributed by atoms with E-state index in [0.717, 1.165) is 23.9 Å². The van der Waals surface area contributed by atoms with Crippen LogP contribution in [-0.4, -0.2) is 41.5 Å². The van der Waals surface area contributed by atoms with Gasteiger partial charge in [0.15, 0.2) is 0 Å². The quantitative estimate of drug-likeness (QED) is 0.922. The van der Waals surface area contributed by atoms with Gasteiger partial charge < -0.3 is 5.32 Å². The second kappa shape index (κ2) is 7.55. The Morgan fingerprint density at radius 3 is 3.04 bits per heavy atom. The minimum Gasteiger partial charge on any atom is -0.349 e. The minimum absolute atomic E-state index is 0.0770. The molecule has 1 atom stereocenters. The maximum absolute atomic E-state index is 12.5. The van der Waals surface area contributed by atoms with Crippen LogP contribution in [0.15, 0.2) is 36.5 Å². The minimum atomic E-state index is -0.0770. The molecule has 1 N–H and O–H groups in total. The van der Waals surface area contributed by atoms with E-state index in [1.54, 1.807) is 6.20 Å². The molecule has 1 fully saturated rings. The number of rotatable bonds is 5. The van der Waals surface area contributed by atoms with Gasteiger partial charge in [0.2, 0.25) is 0 Å². The normalized spacial score (nSPS) is 18.9. The second-order valence-electron chi connectivity index (χ2n) is 6.23. The van der Waals surface area contributed by atoms with Crippen molar-refractivity contribution < 1.29 is 4.79 Å². The Morgan fingerprint density at radius 2 is 2.17 bits per heavy atom. The lowest BCUT2D eigenvalue weighted by Crippen LogP contribution is -2.43. The van der Waals surface area contributed by atoms with Crippen molar-refractivity contribution in [2.45, 2.75) is 38.6 Å². The molecule has 1 aliphatic rings. The maximum Gasteiger partial charge on any atom is 0.270 e. The molecular weight excluding hydrogens is 286 g/mol. The van der Waals surface area contributed by atoms with Crippen LogP contribution in [0.4, 0.5) is 0 Å². The number of carbonyl (C=O) groups is 1. The molecule has 23 heavy (non-hydrogen) atoms. The summed E-state index contributed by atoms with van der Waals surface area (Å²) < 4.78 is 0. The van der Waals surface area contributed by atoms with Gasteiger partial charge in [-0.25, -0.2) is 0 Å². The highest BCUT2D eigenvalue weighted by atomic mass is 16.1. The summed E-state index contributed by atoms with van der Waals surface area (Å²) in [6, 6.07) is 10.5. The number of fused-ring (bicyclic) bond motifs is 1. The summed E-state index contributed by atoms with van der Waals surface area (Å²) in [4.78, 5) is 19.3. The Kier molecular flexibility index (Phi) is 5.23. The molecule has 1 saturated heterocycles. The first-order chi connectivity index (χ1) is 11.3. The van der Waals surface area contributed by atoms with Gasteiger partial charge >= 0.3 is 0 Å². The van der Waals surface area contributed by atoms with Gasteiger partial charge in [0, 0.05) is 30.7 Å². The Bertz CT molecular complexity index is 665. The van der Waals surface area contributed by atoms with Crippen LogP contribution in [0.25, 0.3) is 10.8 Å². The smallest absolute Gasteiger partial charge is 0.270 e. The highest BCUT2D eigenvalue weighted by Gasteiger charge is 2.20.